The fourth-order valence-electron chi connectivity index (χ4n) is 4.03. The van der Waals surface area contributed by atoms with Gasteiger partial charge in [0.05, 0.1) is 0 Å². The van der Waals surface area contributed by atoms with E-state index in [1.165, 1.54) is 12.8 Å². The molecule has 2 aromatic carbocycles. The Hall–Kier alpha value is -2.66. The van der Waals surface area contributed by atoms with Gasteiger partial charge in [0.2, 0.25) is 5.91 Å². The van der Waals surface area contributed by atoms with Crippen molar-refractivity contribution in [3.8, 4) is 0 Å². The summed E-state index contributed by atoms with van der Waals surface area (Å²) in [6, 6.07) is 16.5. The minimum Gasteiger partial charge on any atom is -0.353 e. The summed E-state index contributed by atoms with van der Waals surface area (Å²) in [5, 5.41) is 3.05. The molecule has 1 unspecified atom stereocenters. The molecule has 27 heavy (non-hydrogen) atoms. The number of hydrogen-bond acceptors (Lipinski definition) is 3. The van der Waals surface area contributed by atoms with Crippen LogP contribution >= 0.6 is 0 Å². The highest BCUT2D eigenvalue weighted by molar-refractivity contribution is 6.11. The van der Waals surface area contributed by atoms with E-state index in [2.05, 4.69) is 10.2 Å². The first-order valence-electron chi connectivity index (χ1n) is 9.70. The highest BCUT2D eigenvalue weighted by atomic mass is 16.2. The summed E-state index contributed by atoms with van der Waals surface area (Å²) in [6.07, 6.45) is 3.04. The zero-order chi connectivity index (χ0) is 18.6. The summed E-state index contributed by atoms with van der Waals surface area (Å²) in [5.41, 5.74) is 2.48. The summed E-state index contributed by atoms with van der Waals surface area (Å²) in [5.74, 6) is -0.199. The lowest BCUT2D eigenvalue weighted by Gasteiger charge is -2.25. The first-order valence-corrected chi connectivity index (χ1v) is 9.70. The summed E-state index contributed by atoms with van der Waals surface area (Å²) >= 11 is 0. The minimum absolute atomic E-state index is 0.0744. The van der Waals surface area contributed by atoms with Crippen LogP contribution in [0.25, 0.3) is 0 Å². The second-order valence-electron chi connectivity index (χ2n) is 7.23. The van der Waals surface area contributed by atoms with E-state index in [1.807, 2.05) is 42.5 Å². The average Bonchev–Trinajstić information content (AvgIpc) is 3.35. The standard InChI is InChI=1S/C22H25N3O2/c26-21(23-12-15-24-13-6-7-14-24)20-16-18-10-4-5-11-19(18)25(20)22(27)17-8-2-1-3-9-17/h1-5,8-11,20H,6-7,12-16H2,(H,23,26). The van der Waals surface area contributed by atoms with Crippen molar-refractivity contribution in [2.75, 3.05) is 31.1 Å². The van der Waals surface area contributed by atoms with Crippen molar-refractivity contribution < 1.29 is 9.59 Å². The molecular formula is C22H25N3O2. The van der Waals surface area contributed by atoms with Gasteiger partial charge in [-0.05, 0) is 49.7 Å². The Morgan fingerprint density at radius 2 is 1.67 bits per heavy atom. The number of rotatable bonds is 5. The largest absolute Gasteiger partial charge is 0.353 e. The molecule has 1 atom stereocenters. The summed E-state index contributed by atoms with van der Waals surface area (Å²) in [4.78, 5) is 30.1. The van der Waals surface area contributed by atoms with Crippen molar-refractivity contribution in [1.29, 1.82) is 0 Å². The number of anilines is 1. The molecule has 5 heteroatoms. The third-order valence-corrected chi connectivity index (χ3v) is 5.44. The zero-order valence-electron chi connectivity index (χ0n) is 15.4. The molecule has 2 heterocycles. The van der Waals surface area contributed by atoms with E-state index in [9.17, 15) is 9.59 Å². The van der Waals surface area contributed by atoms with Crippen LogP contribution in [0.15, 0.2) is 54.6 Å². The van der Waals surface area contributed by atoms with Crippen molar-refractivity contribution in [2.45, 2.75) is 25.3 Å². The highest BCUT2D eigenvalue weighted by Gasteiger charge is 2.38. The van der Waals surface area contributed by atoms with Gasteiger partial charge in [-0.2, -0.15) is 0 Å². The molecule has 1 saturated heterocycles. The highest BCUT2D eigenvalue weighted by Crippen LogP contribution is 2.33. The lowest BCUT2D eigenvalue weighted by molar-refractivity contribution is -0.122. The number of carbonyl (C=O) groups excluding carboxylic acids is 2. The Balaban J connectivity index is 1.50. The lowest BCUT2D eigenvalue weighted by Crippen LogP contribution is -2.49. The van der Waals surface area contributed by atoms with Crippen molar-refractivity contribution >= 4 is 17.5 Å². The van der Waals surface area contributed by atoms with Crippen LogP contribution in [-0.4, -0.2) is 48.9 Å². The fourth-order valence-corrected chi connectivity index (χ4v) is 4.03. The molecule has 0 aliphatic carbocycles. The minimum atomic E-state index is -0.492. The first-order chi connectivity index (χ1) is 13.2. The molecule has 1 N–H and O–H groups in total. The number of nitrogens with zero attached hydrogens (tertiary/aromatic N) is 2. The van der Waals surface area contributed by atoms with Crippen molar-refractivity contribution in [3.63, 3.8) is 0 Å². The Bertz CT molecular complexity index is 815. The van der Waals surface area contributed by atoms with Gasteiger partial charge in [-0.1, -0.05) is 36.4 Å². The topological polar surface area (TPSA) is 52.7 Å². The Labute approximate surface area is 160 Å². The summed E-state index contributed by atoms with van der Waals surface area (Å²) in [6.45, 7) is 3.73. The number of benzene rings is 2. The van der Waals surface area contributed by atoms with Crippen LogP contribution < -0.4 is 10.2 Å². The van der Waals surface area contributed by atoms with E-state index < -0.39 is 6.04 Å². The number of hydrogen-bond donors (Lipinski definition) is 1. The molecular weight excluding hydrogens is 338 g/mol. The maximum Gasteiger partial charge on any atom is 0.259 e. The Kier molecular flexibility index (Phi) is 5.21. The second-order valence-corrected chi connectivity index (χ2v) is 7.23. The van der Waals surface area contributed by atoms with Crippen LogP contribution in [0.5, 0.6) is 0 Å². The van der Waals surface area contributed by atoms with Gasteiger partial charge in [0.15, 0.2) is 0 Å². The number of likely N-dealkylation sites (tertiary alicyclic amines) is 1. The summed E-state index contributed by atoms with van der Waals surface area (Å²) in [7, 11) is 0. The average molecular weight is 363 g/mol. The molecule has 140 valence electrons. The van der Waals surface area contributed by atoms with Crippen LogP contribution in [0.1, 0.15) is 28.8 Å². The van der Waals surface area contributed by atoms with E-state index in [4.69, 9.17) is 0 Å². The normalized spacial score (nSPS) is 19.1. The zero-order valence-corrected chi connectivity index (χ0v) is 15.4. The molecule has 2 aromatic rings. The second kappa shape index (κ2) is 7.92. The van der Waals surface area contributed by atoms with Crippen LogP contribution in [-0.2, 0) is 11.2 Å². The van der Waals surface area contributed by atoms with E-state index in [0.29, 0.717) is 18.5 Å². The predicted molar refractivity (Wildman–Crippen MR) is 106 cm³/mol. The van der Waals surface area contributed by atoms with E-state index in [0.717, 1.165) is 30.9 Å². The number of amides is 2. The van der Waals surface area contributed by atoms with Crippen LogP contribution in [0, 0.1) is 0 Å². The van der Waals surface area contributed by atoms with Gasteiger partial charge in [0, 0.05) is 30.8 Å². The molecule has 5 nitrogen and oxygen atoms in total. The SMILES string of the molecule is O=C(NCCN1CCCC1)C1Cc2ccccc2N1C(=O)c1ccccc1. The monoisotopic (exact) mass is 363 g/mol. The van der Waals surface area contributed by atoms with Crippen molar-refractivity contribution in [2.24, 2.45) is 0 Å². The van der Waals surface area contributed by atoms with Gasteiger partial charge in [0.25, 0.3) is 5.91 Å². The van der Waals surface area contributed by atoms with E-state index in [-0.39, 0.29) is 11.8 Å². The molecule has 2 aliphatic heterocycles. The van der Waals surface area contributed by atoms with Gasteiger partial charge < -0.3 is 10.2 Å². The van der Waals surface area contributed by atoms with Gasteiger partial charge in [0.1, 0.15) is 6.04 Å². The maximum atomic E-state index is 13.1. The van der Waals surface area contributed by atoms with Crippen LogP contribution in [0.2, 0.25) is 0 Å². The molecule has 2 aliphatic rings. The Morgan fingerprint density at radius 1 is 0.963 bits per heavy atom. The fraction of sp³-hybridized carbons (Fsp3) is 0.364. The number of fused-ring (bicyclic) bond motifs is 1. The predicted octanol–water partition coefficient (Wildman–Crippen LogP) is 2.47. The van der Waals surface area contributed by atoms with Crippen LogP contribution in [0.3, 0.4) is 0 Å². The third-order valence-electron chi connectivity index (χ3n) is 5.44. The van der Waals surface area contributed by atoms with Gasteiger partial charge >= 0.3 is 0 Å². The molecule has 2 amide bonds. The quantitative estimate of drug-likeness (QED) is 0.888. The maximum absolute atomic E-state index is 13.1. The molecule has 1 fully saturated rings. The van der Waals surface area contributed by atoms with E-state index >= 15 is 0 Å². The molecule has 0 aromatic heterocycles. The smallest absolute Gasteiger partial charge is 0.259 e. The van der Waals surface area contributed by atoms with Crippen molar-refractivity contribution in [1.82, 2.24) is 10.2 Å². The Morgan fingerprint density at radius 3 is 2.44 bits per heavy atom. The lowest BCUT2D eigenvalue weighted by atomic mass is 10.1. The van der Waals surface area contributed by atoms with Gasteiger partial charge in [-0.15, -0.1) is 0 Å². The van der Waals surface area contributed by atoms with Crippen LogP contribution in [0.4, 0.5) is 5.69 Å². The van der Waals surface area contributed by atoms with E-state index in [1.54, 1.807) is 17.0 Å². The summed E-state index contributed by atoms with van der Waals surface area (Å²) < 4.78 is 0. The number of carbonyl (C=O) groups is 2. The van der Waals surface area contributed by atoms with Gasteiger partial charge in [-0.3, -0.25) is 14.5 Å². The number of para-hydroxylation sites is 1. The first kappa shape index (κ1) is 17.7. The number of nitrogens with one attached hydrogen (secondary N) is 1. The third kappa shape index (κ3) is 3.74. The van der Waals surface area contributed by atoms with Crippen molar-refractivity contribution in [3.05, 3.63) is 65.7 Å². The molecule has 0 spiro atoms. The van der Waals surface area contributed by atoms with Gasteiger partial charge in [-0.25, -0.2) is 0 Å². The molecule has 0 bridgehead atoms. The molecule has 4 rings (SSSR count). The molecule has 0 saturated carbocycles. The molecule has 0 radical (unpaired) electrons.